The Balaban J connectivity index is 2.93. The van der Waals surface area contributed by atoms with Gasteiger partial charge < -0.3 is 5.11 Å². The maximum Gasteiger partial charge on any atom is 0.324 e. The molecule has 1 aliphatic rings. The number of nitrogens with zero attached hydrogens (tertiary/aromatic N) is 1. The summed E-state index contributed by atoms with van der Waals surface area (Å²) in [6.07, 6.45) is 5.95. The lowest BCUT2D eigenvalue weighted by Gasteiger charge is -2.45. The topological polar surface area (TPSA) is 40.5 Å². The fraction of sp³-hybridized carbons (Fsp3) is 0.923. The first kappa shape index (κ1) is 13.5. The monoisotopic (exact) mass is 227 g/mol. The molecule has 0 bridgehead atoms. The van der Waals surface area contributed by atoms with Crippen LogP contribution in [0, 0.1) is 0 Å². The van der Waals surface area contributed by atoms with Crippen molar-refractivity contribution in [2.24, 2.45) is 0 Å². The fourth-order valence-corrected chi connectivity index (χ4v) is 3.02. The number of hydrogen-bond donors (Lipinski definition) is 1. The van der Waals surface area contributed by atoms with E-state index in [1.165, 1.54) is 6.42 Å². The number of carboxylic acids is 1. The van der Waals surface area contributed by atoms with Crippen molar-refractivity contribution in [2.45, 2.75) is 70.9 Å². The Hall–Kier alpha value is -0.570. The highest BCUT2D eigenvalue weighted by Crippen LogP contribution is 2.35. The second-order valence-electron chi connectivity index (χ2n) is 4.94. The van der Waals surface area contributed by atoms with Gasteiger partial charge in [-0.3, -0.25) is 9.69 Å². The Bertz CT molecular complexity index is 234. The predicted octanol–water partition coefficient (Wildman–Crippen LogP) is 2.89. The summed E-state index contributed by atoms with van der Waals surface area (Å²) in [5.74, 6) is -0.616. The zero-order chi connectivity index (χ0) is 12.2. The summed E-state index contributed by atoms with van der Waals surface area (Å²) in [7, 11) is 0. The highest BCUT2D eigenvalue weighted by atomic mass is 16.4. The van der Waals surface area contributed by atoms with Crippen LogP contribution >= 0.6 is 0 Å². The third-order valence-corrected chi connectivity index (χ3v) is 4.09. The first-order valence-corrected chi connectivity index (χ1v) is 6.58. The van der Waals surface area contributed by atoms with Crippen LogP contribution in [-0.4, -0.2) is 34.1 Å². The molecule has 0 aliphatic heterocycles. The van der Waals surface area contributed by atoms with Crippen LogP contribution in [-0.2, 0) is 4.79 Å². The molecule has 1 fully saturated rings. The first-order chi connectivity index (χ1) is 7.58. The maximum atomic E-state index is 11.7. The molecular formula is C13H25NO2. The third-order valence-electron chi connectivity index (χ3n) is 4.09. The summed E-state index contributed by atoms with van der Waals surface area (Å²) in [5, 5.41) is 9.59. The van der Waals surface area contributed by atoms with Gasteiger partial charge in [0.25, 0.3) is 0 Å². The smallest absolute Gasteiger partial charge is 0.324 e. The number of aliphatic carboxylic acids is 1. The van der Waals surface area contributed by atoms with Crippen LogP contribution < -0.4 is 0 Å². The average Bonchev–Trinajstić information content (AvgIpc) is 2.30. The minimum absolute atomic E-state index is 0.360. The maximum absolute atomic E-state index is 11.7. The zero-order valence-electron chi connectivity index (χ0n) is 10.8. The first-order valence-electron chi connectivity index (χ1n) is 6.58. The molecule has 0 saturated heterocycles. The molecule has 1 aliphatic carbocycles. The molecule has 0 aromatic carbocycles. The van der Waals surface area contributed by atoms with Gasteiger partial charge in [0.2, 0.25) is 0 Å². The van der Waals surface area contributed by atoms with Crippen molar-refractivity contribution in [1.82, 2.24) is 4.90 Å². The van der Waals surface area contributed by atoms with E-state index >= 15 is 0 Å². The summed E-state index contributed by atoms with van der Waals surface area (Å²) < 4.78 is 0. The zero-order valence-corrected chi connectivity index (χ0v) is 10.8. The Kier molecular flexibility index (Phi) is 4.78. The Morgan fingerprint density at radius 2 is 1.88 bits per heavy atom. The van der Waals surface area contributed by atoms with Gasteiger partial charge in [-0.25, -0.2) is 0 Å². The molecule has 1 unspecified atom stereocenters. The Morgan fingerprint density at radius 1 is 1.31 bits per heavy atom. The number of likely N-dealkylation sites (N-methyl/N-ethyl adjacent to an activating group) is 1. The minimum atomic E-state index is -0.616. The molecule has 0 spiro atoms. The van der Waals surface area contributed by atoms with Gasteiger partial charge in [-0.1, -0.05) is 33.1 Å². The molecule has 0 radical (unpaired) electrons. The largest absolute Gasteiger partial charge is 0.480 e. The van der Waals surface area contributed by atoms with E-state index in [2.05, 4.69) is 25.7 Å². The van der Waals surface area contributed by atoms with Crippen LogP contribution in [0.15, 0.2) is 0 Å². The molecule has 94 valence electrons. The molecule has 1 saturated carbocycles. The van der Waals surface area contributed by atoms with Crippen LogP contribution in [0.3, 0.4) is 0 Å². The van der Waals surface area contributed by atoms with Gasteiger partial charge in [-0.2, -0.15) is 0 Å². The predicted molar refractivity (Wildman–Crippen MR) is 65.6 cm³/mol. The van der Waals surface area contributed by atoms with Crippen molar-refractivity contribution < 1.29 is 9.90 Å². The van der Waals surface area contributed by atoms with Crippen LogP contribution in [0.2, 0.25) is 0 Å². The minimum Gasteiger partial charge on any atom is -0.480 e. The summed E-state index contributed by atoms with van der Waals surface area (Å²) in [4.78, 5) is 13.9. The summed E-state index contributed by atoms with van der Waals surface area (Å²) in [6.45, 7) is 7.18. The fourth-order valence-electron chi connectivity index (χ4n) is 3.02. The number of carboxylic acid groups (broad SMARTS) is 1. The van der Waals surface area contributed by atoms with Crippen LogP contribution in [0.1, 0.15) is 59.3 Å². The highest BCUT2D eigenvalue weighted by Gasteiger charge is 2.45. The van der Waals surface area contributed by atoms with Crippen molar-refractivity contribution in [2.75, 3.05) is 6.54 Å². The summed E-state index contributed by atoms with van der Waals surface area (Å²) in [6, 6.07) is 0.360. The molecule has 0 heterocycles. The van der Waals surface area contributed by atoms with Gasteiger partial charge in [0.15, 0.2) is 0 Å². The van der Waals surface area contributed by atoms with E-state index in [9.17, 15) is 9.90 Å². The van der Waals surface area contributed by atoms with Gasteiger partial charge in [0, 0.05) is 6.04 Å². The molecular weight excluding hydrogens is 202 g/mol. The van der Waals surface area contributed by atoms with E-state index in [-0.39, 0.29) is 0 Å². The van der Waals surface area contributed by atoms with Crippen molar-refractivity contribution in [3.63, 3.8) is 0 Å². The number of hydrogen-bond acceptors (Lipinski definition) is 2. The second-order valence-corrected chi connectivity index (χ2v) is 4.94. The Labute approximate surface area is 98.8 Å². The van der Waals surface area contributed by atoms with Crippen LogP contribution in [0.25, 0.3) is 0 Å². The molecule has 1 rings (SSSR count). The van der Waals surface area contributed by atoms with E-state index in [1.54, 1.807) is 0 Å². The lowest BCUT2D eigenvalue weighted by Crippen LogP contribution is -2.58. The van der Waals surface area contributed by atoms with Crippen molar-refractivity contribution >= 4 is 5.97 Å². The van der Waals surface area contributed by atoms with Crippen LogP contribution in [0.5, 0.6) is 0 Å². The SMILES string of the molecule is CCC(C)N(CC)C1(C(=O)O)CCCCC1. The van der Waals surface area contributed by atoms with Crippen LogP contribution in [0.4, 0.5) is 0 Å². The lowest BCUT2D eigenvalue weighted by atomic mass is 9.79. The lowest BCUT2D eigenvalue weighted by molar-refractivity contribution is -0.156. The second kappa shape index (κ2) is 5.67. The summed E-state index contributed by atoms with van der Waals surface area (Å²) >= 11 is 0. The van der Waals surface area contributed by atoms with E-state index in [0.29, 0.717) is 6.04 Å². The van der Waals surface area contributed by atoms with E-state index in [0.717, 1.165) is 38.6 Å². The summed E-state index contributed by atoms with van der Waals surface area (Å²) in [5.41, 5.74) is -0.581. The van der Waals surface area contributed by atoms with Gasteiger partial charge >= 0.3 is 5.97 Å². The molecule has 1 atom stereocenters. The van der Waals surface area contributed by atoms with Gasteiger partial charge in [0.05, 0.1) is 0 Å². The molecule has 16 heavy (non-hydrogen) atoms. The Morgan fingerprint density at radius 3 is 2.25 bits per heavy atom. The van der Waals surface area contributed by atoms with E-state index in [1.807, 2.05) is 0 Å². The highest BCUT2D eigenvalue weighted by molar-refractivity contribution is 5.79. The average molecular weight is 227 g/mol. The molecule has 3 nitrogen and oxygen atoms in total. The molecule has 0 aromatic heterocycles. The molecule has 1 N–H and O–H groups in total. The van der Waals surface area contributed by atoms with Crippen molar-refractivity contribution in [3.8, 4) is 0 Å². The molecule has 0 amide bonds. The molecule has 3 heteroatoms. The van der Waals surface area contributed by atoms with Crippen molar-refractivity contribution in [3.05, 3.63) is 0 Å². The van der Waals surface area contributed by atoms with E-state index < -0.39 is 11.5 Å². The third kappa shape index (κ3) is 2.40. The standard InChI is InChI=1S/C13H25NO2/c1-4-11(3)14(5-2)13(12(15)16)9-7-6-8-10-13/h11H,4-10H2,1-3H3,(H,15,16). The van der Waals surface area contributed by atoms with E-state index in [4.69, 9.17) is 0 Å². The van der Waals surface area contributed by atoms with Gasteiger partial charge in [0.1, 0.15) is 5.54 Å². The number of carbonyl (C=O) groups is 1. The molecule has 0 aromatic rings. The quantitative estimate of drug-likeness (QED) is 0.785. The van der Waals surface area contributed by atoms with Crippen molar-refractivity contribution in [1.29, 1.82) is 0 Å². The normalized spacial score (nSPS) is 22.0. The van der Waals surface area contributed by atoms with Gasteiger partial charge in [-0.05, 0) is 32.7 Å². The number of rotatable bonds is 5. The van der Waals surface area contributed by atoms with Gasteiger partial charge in [-0.15, -0.1) is 0 Å².